The molecule has 9 nitrogen and oxygen atoms in total. The Morgan fingerprint density at radius 1 is 1.09 bits per heavy atom. The van der Waals surface area contributed by atoms with Crippen LogP contribution in [0.1, 0.15) is 11.1 Å². The van der Waals surface area contributed by atoms with Gasteiger partial charge in [-0.3, -0.25) is 10.2 Å². The monoisotopic (exact) mass is 478 g/mol. The molecule has 0 unspecified atom stereocenters. The number of phenols is 1. The second kappa shape index (κ2) is 9.24. The normalized spacial score (nSPS) is 14.3. The molecule has 3 aromatic carbocycles. The lowest BCUT2D eigenvalue weighted by atomic mass is 10.0. The minimum atomic E-state index is -1.44. The van der Waals surface area contributed by atoms with Gasteiger partial charge in [0.15, 0.2) is 10.9 Å². The van der Waals surface area contributed by atoms with E-state index in [1.165, 1.54) is 17.1 Å². The molecule has 3 N–H and O–H groups in total. The number of hydrogen-bond donors (Lipinski definition) is 3. The SMILES string of the molecule is Cc1ccc(N2N=C(Cl)C(=NNc3cccc(-c4cccc(OC(=O)O)c4)c3O)C2=O)cc1C. The van der Waals surface area contributed by atoms with Gasteiger partial charge in [-0.2, -0.15) is 10.1 Å². The number of hydrogen-bond acceptors (Lipinski definition) is 7. The van der Waals surface area contributed by atoms with Crippen LogP contribution in [0.5, 0.6) is 11.5 Å². The van der Waals surface area contributed by atoms with E-state index in [1.807, 2.05) is 26.0 Å². The van der Waals surface area contributed by atoms with Gasteiger partial charge >= 0.3 is 12.1 Å². The van der Waals surface area contributed by atoms with Crippen LogP contribution in [-0.2, 0) is 4.79 Å². The van der Waals surface area contributed by atoms with Crippen molar-refractivity contribution in [2.75, 3.05) is 10.4 Å². The summed E-state index contributed by atoms with van der Waals surface area (Å²) in [5.41, 5.74) is 6.32. The van der Waals surface area contributed by atoms with Crippen molar-refractivity contribution < 1.29 is 24.5 Å². The second-order valence-electron chi connectivity index (χ2n) is 7.45. The van der Waals surface area contributed by atoms with Gasteiger partial charge in [-0.25, -0.2) is 4.79 Å². The third-order valence-corrected chi connectivity index (χ3v) is 5.44. The smallest absolute Gasteiger partial charge is 0.505 e. The zero-order chi connectivity index (χ0) is 24.4. The van der Waals surface area contributed by atoms with Gasteiger partial charge in [-0.15, -0.1) is 5.10 Å². The highest BCUT2D eigenvalue weighted by Crippen LogP contribution is 2.36. The van der Waals surface area contributed by atoms with E-state index in [-0.39, 0.29) is 28.1 Å². The van der Waals surface area contributed by atoms with Crippen molar-refractivity contribution in [3.63, 3.8) is 0 Å². The lowest BCUT2D eigenvalue weighted by molar-refractivity contribution is -0.112. The molecule has 34 heavy (non-hydrogen) atoms. The third-order valence-electron chi connectivity index (χ3n) is 5.19. The molecule has 0 aliphatic carbocycles. The number of hydrazone groups is 2. The molecule has 172 valence electrons. The van der Waals surface area contributed by atoms with Crippen LogP contribution in [0, 0.1) is 13.8 Å². The molecular formula is C24H19ClN4O5. The fourth-order valence-electron chi connectivity index (χ4n) is 3.31. The number of carboxylic acid groups (broad SMARTS) is 1. The summed E-state index contributed by atoms with van der Waals surface area (Å²) in [6.45, 7) is 3.90. The first-order chi connectivity index (χ1) is 16.2. The predicted octanol–water partition coefficient (Wildman–Crippen LogP) is 5.10. The minimum absolute atomic E-state index is 0.0927. The number of rotatable bonds is 5. The Bertz CT molecular complexity index is 1370. The Morgan fingerprint density at radius 3 is 2.59 bits per heavy atom. The molecule has 0 saturated heterocycles. The largest absolute Gasteiger partial charge is 0.511 e. The summed E-state index contributed by atoms with van der Waals surface area (Å²) in [4.78, 5) is 23.7. The lowest BCUT2D eigenvalue weighted by Crippen LogP contribution is -2.27. The fourth-order valence-corrected chi connectivity index (χ4v) is 3.50. The molecule has 0 saturated carbocycles. The van der Waals surface area contributed by atoms with Crippen molar-refractivity contribution in [2.45, 2.75) is 13.8 Å². The summed E-state index contributed by atoms with van der Waals surface area (Å²) >= 11 is 6.17. The van der Waals surface area contributed by atoms with Crippen LogP contribution in [0.25, 0.3) is 11.1 Å². The van der Waals surface area contributed by atoms with Gasteiger partial charge in [0, 0.05) is 5.56 Å². The van der Waals surface area contributed by atoms with Crippen LogP contribution in [0.2, 0.25) is 0 Å². The third kappa shape index (κ3) is 4.55. The van der Waals surface area contributed by atoms with Crippen molar-refractivity contribution in [3.8, 4) is 22.6 Å². The second-order valence-corrected chi connectivity index (χ2v) is 7.80. The molecule has 0 atom stereocenters. The summed E-state index contributed by atoms with van der Waals surface area (Å²) in [6.07, 6.45) is -1.44. The van der Waals surface area contributed by atoms with Gasteiger partial charge in [0.2, 0.25) is 0 Å². The first-order valence-electron chi connectivity index (χ1n) is 10.1. The van der Waals surface area contributed by atoms with Crippen LogP contribution in [0.15, 0.2) is 70.9 Å². The predicted molar refractivity (Wildman–Crippen MR) is 130 cm³/mol. The molecule has 0 spiro atoms. The molecular weight excluding hydrogens is 460 g/mol. The number of amides is 1. The van der Waals surface area contributed by atoms with Crippen molar-refractivity contribution >= 4 is 45.9 Å². The molecule has 0 bridgehead atoms. The summed E-state index contributed by atoms with van der Waals surface area (Å²) in [7, 11) is 0. The number of nitrogens with one attached hydrogen (secondary N) is 1. The highest BCUT2D eigenvalue weighted by molar-refractivity contribution is 6.94. The molecule has 1 heterocycles. The van der Waals surface area contributed by atoms with E-state index in [9.17, 15) is 14.7 Å². The minimum Gasteiger partial charge on any atom is -0.505 e. The molecule has 0 aromatic heterocycles. The maximum atomic E-state index is 12.9. The van der Waals surface area contributed by atoms with E-state index in [0.717, 1.165) is 11.1 Å². The number of carbonyl (C=O) groups is 2. The summed E-state index contributed by atoms with van der Waals surface area (Å²) in [6, 6.07) is 16.6. The van der Waals surface area contributed by atoms with Crippen LogP contribution in [0.4, 0.5) is 16.2 Å². The van der Waals surface area contributed by atoms with Gasteiger partial charge in [0.25, 0.3) is 0 Å². The highest BCUT2D eigenvalue weighted by atomic mass is 35.5. The van der Waals surface area contributed by atoms with E-state index in [1.54, 1.807) is 36.4 Å². The van der Waals surface area contributed by atoms with Gasteiger partial charge in [0.1, 0.15) is 11.5 Å². The lowest BCUT2D eigenvalue weighted by Gasteiger charge is -2.13. The Balaban J connectivity index is 1.59. The van der Waals surface area contributed by atoms with Crippen LogP contribution < -0.4 is 15.2 Å². The maximum Gasteiger partial charge on any atom is 0.511 e. The number of aromatic hydroxyl groups is 1. The number of benzene rings is 3. The zero-order valence-corrected chi connectivity index (χ0v) is 18.9. The first-order valence-corrected chi connectivity index (χ1v) is 10.5. The van der Waals surface area contributed by atoms with Gasteiger partial charge in [-0.05, 0) is 60.9 Å². The summed E-state index contributed by atoms with van der Waals surface area (Å²) in [5.74, 6) is -0.576. The number of phenolic OH excluding ortho intramolecular Hbond substituents is 1. The zero-order valence-electron chi connectivity index (χ0n) is 18.1. The van der Waals surface area contributed by atoms with Crippen LogP contribution in [-0.4, -0.2) is 33.2 Å². The molecule has 0 radical (unpaired) electrons. The molecule has 1 aliphatic heterocycles. The van der Waals surface area contributed by atoms with Crippen LogP contribution in [0.3, 0.4) is 0 Å². The van der Waals surface area contributed by atoms with Gasteiger partial charge in [0.05, 0.1) is 11.4 Å². The number of nitrogens with zero attached hydrogens (tertiary/aromatic N) is 3. The average Bonchev–Trinajstić information content (AvgIpc) is 3.08. The van der Waals surface area contributed by atoms with Crippen LogP contribution >= 0.6 is 11.6 Å². The van der Waals surface area contributed by atoms with Crippen molar-refractivity contribution in [2.24, 2.45) is 10.2 Å². The standard InChI is InChI=1S/C24H19ClN4O5/c1-13-9-10-16(11-14(13)2)29-23(31)20(22(25)28-29)27-26-19-8-4-7-18(21(19)30)15-5-3-6-17(12-15)34-24(32)33/h3-12,26,30H,1-2H3,(H,32,33). The quantitative estimate of drug-likeness (QED) is 0.203. The number of anilines is 2. The Morgan fingerprint density at radius 2 is 1.85 bits per heavy atom. The average molecular weight is 479 g/mol. The van der Waals surface area contributed by atoms with Crippen molar-refractivity contribution in [1.82, 2.24) is 0 Å². The van der Waals surface area contributed by atoms with Crippen molar-refractivity contribution in [3.05, 3.63) is 71.8 Å². The number of para-hydroxylation sites is 1. The number of carbonyl (C=O) groups excluding carboxylic acids is 1. The Kier molecular flexibility index (Phi) is 6.20. The molecule has 1 amide bonds. The van der Waals surface area contributed by atoms with E-state index >= 15 is 0 Å². The van der Waals surface area contributed by atoms with Crippen molar-refractivity contribution in [1.29, 1.82) is 0 Å². The number of aryl methyl sites for hydroxylation is 2. The number of ether oxygens (including phenoxy) is 1. The van der Waals surface area contributed by atoms with E-state index in [0.29, 0.717) is 16.8 Å². The molecule has 0 fully saturated rings. The molecule has 10 heteroatoms. The molecule has 3 aromatic rings. The summed E-state index contributed by atoms with van der Waals surface area (Å²) < 4.78 is 4.67. The first kappa shape index (κ1) is 22.8. The van der Waals surface area contributed by atoms with Gasteiger partial charge < -0.3 is 14.9 Å². The fraction of sp³-hybridized carbons (Fsp3) is 0.0833. The molecule has 1 aliphatic rings. The Labute approximate surface area is 199 Å². The summed E-state index contributed by atoms with van der Waals surface area (Å²) in [5, 5.41) is 28.8. The van der Waals surface area contributed by atoms with E-state index in [4.69, 9.17) is 16.7 Å². The topological polar surface area (TPSA) is 124 Å². The highest BCUT2D eigenvalue weighted by Gasteiger charge is 2.32. The molecule has 4 rings (SSSR count). The Hall–Kier alpha value is -4.37. The van der Waals surface area contributed by atoms with Gasteiger partial charge in [-0.1, -0.05) is 41.9 Å². The van der Waals surface area contributed by atoms with E-state index in [2.05, 4.69) is 20.4 Å². The maximum absolute atomic E-state index is 12.9. The van der Waals surface area contributed by atoms with E-state index < -0.39 is 12.1 Å². The number of halogens is 1.